The van der Waals surface area contributed by atoms with E-state index < -0.39 is 11.7 Å². The molecule has 0 atom stereocenters. The fourth-order valence-electron chi connectivity index (χ4n) is 1.01. The van der Waals surface area contributed by atoms with Gasteiger partial charge in [0.25, 0.3) is 0 Å². The molecule has 0 aliphatic rings. The molecule has 0 aliphatic carbocycles. The highest BCUT2D eigenvalue weighted by Gasteiger charge is 2.32. The van der Waals surface area contributed by atoms with Crippen LogP contribution in [-0.2, 0) is 11.0 Å². The van der Waals surface area contributed by atoms with Gasteiger partial charge in [0.05, 0.1) is 27.0 Å². The van der Waals surface area contributed by atoms with Gasteiger partial charge in [-0.15, -0.1) is 0 Å². The van der Waals surface area contributed by atoms with E-state index in [9.17, 15) is 18.0 Å². The van der Waals surface area contributed by atoms with Crippen LogP contribution in [-0.4, -0.2) is 12.0 Å². The lowest BCUT2D eigenvalue weighted by atomic mass is 10.2. The summed E-state index contributed by atoms with van der Waals surface area (Å²) in [6, 6.07) is 1.45. The molecule has 0 saturated heterocycles. The molecule has 0 unspecified atom stereocenters. The molecule has 18 heavy (non-hydrogen) atoms. The number of aldehydes is 1. The van der Waals surface area contributed by atoms with Crippen molar-refractivity contribution in [2.45, 2.75) is 13.1 Å². The summed E-state index contributed by atoms with van der Waals surface area (Å²) in [7, 11) is 0. The van der Waals surface area contributed by atoms with E-state index in [4.69, 9.17) is 23.2 Å². The zero-order valence-corrected chi connectivity index (χ0v) is 10.5. The van der Waals surface area contributed by atoms with Crippen LogP contribution in [0.2, 0.25) is 10.0 Å². The van der Waals surface area contributed by atoms with Crippen LogP contribution in [0.1, 0.15) is 12.5 Å². The number of nitrogens with zero attached hydrogens (tertiary/aromatic N) is 1. The molecule has 8 heteroatoms. The van der Waals surface area contributed by atoms with Gasteiger partial charge in [-0.2, -0.15) is 18.3 Å². The van der Waals surface area contributed by atoms with Crippen LogP contribution in [0.4, 0.5) is 18.9 Å². The average molecular weight is 299 g/mol. The fraction of sp³-hybridized carbons (Fsp3) is 0.200. The molecule has 1 N–H and O–H groups in total. The van der Waals surface area contributed by atoms with Gasteiger partial charge in [-0.3, -0.25) is 10.2 Å². The van der Waals surface area contributed by atoms with Crippen molar-refractivity contribution >= 4 is 40.9 Å². The van der Waals surface area contributed by atoms with Crippen LogP contribution >= 0.6 is 23.2 Å². The van der Waals surface area contributed by atoms with Gasteiger partial charge >= 0.3 is 6.18 Å². The number of carbonyl (C=O) groups is 1. The number of hydrogen-bond acceptors (Lipinski definition) is 3. The normalized spacial score (nSPS) is 12.4. The summed E-state index contributed by atoms with van der Waals surface area (Å²) in [6.45, 7) is 1.41. The van der Waals surface area contributed by atoms with E-state index in [1.807, 2.05) is 0 Å². The van der Waals surface area contributed by atoms with Crippen molar-refractivity contribution in [2.24, 2.45) is 5.10 Å². The number of hydrogen-bond donors (Lipinski definition) is 1. The summed E-state index contributed by atoms with van der Waals surface area (Å²) < 4.78 is 37.3. The molecular weight excluding hydrogens is 292 g/mol. The second-order valence-corrected chi connectivity index (χ2v) is 4.11. The molecular formula is C10H7Cl2F3N2O. The van der Waals surface area contributed by atoms with Crippen molar-refractivity contribution in [1.82, 2.24) is 0 Å². The predicted molar refractivity (Wildman–Crippen MR) is 64.3 cm³/mol. The minimum atomic E-state index is -4.53. The Labute approximate surface area is 111 Å². The summed E-state index contributed by atoms with van der Waals surface area (Å²) in [6.07, 6.45) is -4.06. The van der Waals surface area contributed by atoms with Gasteiger partial charge in [-0.1, -0.05) is 23.2 Å². The third kappa shape index (κ3) is 3.61. The topological polar surface area (TPSA) is 41.5 Å². The average Bonchev–Trinajstić information content (AvgIpc) is 2.26. The molecule has 98 valence electrons. The third-order valence-corrected chi connectivity index (χ3v) is 2.48. The fourth-order valence-corrected chi connectivity index (χ4v) is 1.59. The molecule has 0 heterocycles. The molecule has 0 aliphatic heterocycles. The summed E-state index contributed by atoms with van der Waals surface area (Å²) in [5.41, 5.74) is 1.48. The lowest BCUT2D eigenvalue weighted by Gasteiger charge is -2.11. The molecule has 0 aromatic heterocycles. The van der Waals surface area contributed by atoms with Crippen LogP contribution < -0.4 is 5.43 Å². The van der Waals surface area contributed by atoms with Gasteiger partial charge in [-0.25, -0.2) is 0 Å². The number of rotatable bonds is 3. The molecule has 0 radical (unpaired) electrons. The first-order valence-electron chi connectivity index (χ1n) is 4.57. The number of carbonyl (C=O) groups excluding carboxylic acids is 1. The number of benzene rings is 1. The Balaban J connectivity index is 3.13. The van der Waals surface area contributed by atoms with Crippen LogP contribution in [0.25, 0.3) is 0 Å². The van der Waals surface area contributed by atoms with E-state index in [2.05, 4.69) is 10.5 Å². The van der Waals surface area contributed by atoms with Crippen molar-refractivity contribution in [3.05, 3.63) is 27.7 Å². The molecule has 0 fully saturated rings. The summed E-state index contributed by atoms with van der Waals surface area (Å²) in [5, 5.41) is 3.10. The molecule has 0 spiro atoms. The lowest BCUT2D eigenvalue weighted by molar-refractivity contribution is -0.137. The Kier molecular flexibility index (Phi) is 4.59. The zero-order chi connectivity index (χ0) is 13.9. The van der Waals surface area contributed by atoms with Gasteiger partial charge in [-0.05, 0) is 19.1 Å². The predicted octanol–water partition coefficient (Wildman–Crippen LogP) is 4.00. The molecule has 3 nitrogen and oxygen atoms in total. The largest absolute Gasteiger partial charge is 0.416 e. The maximum absolute atomic E-state index is 12.4. The van der Waals surface area contributed by atoms with Gasteiger partial charge < -0.3 is 0 Å². The minimum absolute atomic E-state index is 0.00698. The van der Waals surface area contributed by atoms with Crippen molar-refractivity contribution in [2.75, 3.05) is 5.43 Å². The molecule has 1 rings (SSSR count). The van der Waals surface area contributed by atoms with Crippen LogP contribution in [0.3, 0.4) is 0 Å². The number of nitrogens with one attached hydrogen (secondary N) is 1. The smallest absolute Gasteiger partial charge is 0.296 e. The minimum Gasteiger partial charge on any atom is -0.296 e. The molecule has 1 aromatic rings. The standard InChI is InChI=1S/C10H7Cl2F3N2O/c1-5(4-18)16-17-9-7(11)2-6(3-8(9)12)10(13,14)15/h2-4,17H,1H3. The van der Waals surface area contributed by atoms with Crippen molar-refractivity contribution in [3.63, 3.8) is 0 Å². The molecule has 1 aromatic carbocycles. The van der Waals surface area contributed by atoms with E-state index in [1.54, 1.807) is 0 Å². The van der Waals surface area contributed by atoms with E-state index >= 15 is 0 Å². The zero-order valence-electron chi connectivity index (χ0n) is 8.98. The monoisotopic (exact) mass is 298 g/mol. The van der Waals surface area contributed by atoms with Crippen LogP contribution in [0, 0.1) is 0 Å². The number of halogens is 5. The number of alkyl halides is 3. The molecule has 0 amide bonds. The van der Waals surface area contributed by atoms with E-state index in [0.717, 1.165) is 12.1 Å². The second-order valence-electron chi connectivity index (χ2n) is 3.30. The first-order valence-corrected chi connectivity index (χ1v) is 5.33. The SMILES string of the molecule is CC(C=O)=NNc1c(Cl)cc(C(F)(F)F)cc1Cl. The van der Waals surface area contributed by atoms with Gasteiger partial charge in [0.15, 0.2) is 6.29 Å². The van der Waals surface area contributed by atoms with Gasteiger partial charge in [0.1, 0.15) is 0 Å². The summed E-state index contributed by atoms with van der Waals surface area (Å²) >= 11 is 11.3. The lowest BCUT2D eigenvalue weighted by Crippen LogP contribution is -2.06. The third-order valence-electron chi connectivity index (χ3n) is 1.88. The van der Waals surface area contributed by atoms with E-state index in [0.29, 0.717) is 6.29 Å². The summed E-state index contributed by atoms with van der Waals surface area (Å²) in [4.78, 5) is 10.3. The number of hydrazone groups is 1. The molecule has 0 saturated carbocycles. The maximum Gasteiger partial charge on any atom is 0.416 e. The van der Waals surface area contributed by atoms with Crippen LogP contribution in [0.15, 0.2) is 17.2 Å². The first-order chi connectivity index (χ1) is 8.25. The van der Waals surface area contributed by atoms with Crippen molar-refractivity contribution < 1.29 is 18.0 Å². The Morgan fingerprint density at radius 3 is 2.22 bits per heavy atom. The Hall–Kier alpha value is -1.27. The highest BCUT2D eigenvalue weighted by Crippen LogP contribution is 2.38. The maximum atomic E-state index is 12.4. The Morgan fingerprint density at radius 2 is 1.83 bits per heavy atom. The second kappa shape index (κ2) is 5.58. The Bertz CT molecular complexity index is 477. The first kappa shape index (κ1) is 14.8. The van der Waals surface area contributed by atoms with Crippen molar-refractivity contribution in [1.29, 1.82) is 0 Å². The summed E-state index contributed by atoms with van der Waals surface area (Å²) in [5.74, 6) is 0. The van der Waals surface area contributed by atoms with E-state index in [1.165, 1.54) is 6.92 Å². The van der Waals surface area contributed by atoms with E-state index in [-0.39, 0.29) is 21.4 Å². The van der Waals surface area contributed by atoms with Crippen molar-refractivity contribution in [3.8, 4) is 0 Å². The highest BCUT2D eigenvalue weighted by molar-refractivity contribution is 6.39. The Morgan fingerprint density at radius 1 is 1.33 bits per heavy atom. The van der Waals surface area contributed by atoms with Gasteiger partial charge in [0.2, 0.25) is 0 Å². The quantitative estimate of drug-likeness (QED) is 0.520. The highest BCUT2D eigenvalue weighted by atomic mass is 35.5. The van der Waals surface area contributed by atoms with Gasteiger partial charge in [0, 0.05) is 0 Å². The number of anilines is 1. The van der Waals surface area contributed by atoms with Crippen LogP contribution in [0.5, 0.6) is 0 Å². The molecule has 0 bridgehead atoms.